The van der Waals surface area contributed by atoms with E-state index in [-0.39, 0.29) is 41.3 Å². The Hall–Kier alpha value is -1.73. The molecule has 4 nitrogen and oxygen atoms in total. The lowest BCUT2D eigenvalue weighted by Crippen LogP contribution is -2.42. The minimum Gasteiger partial charge on any atom is -0.481 e. The molecule has 2 heterocycles. The molecule has 1 unspecified atom stereocenters. The zero-order valence-corrected chi connectivity index (χ0v) is 14.4. The normalized spacial score (nSPS) is 20.9. The lowest BCUT2D eigenvalue weighted by Gasteiger charge is -2.39. The van der Waals surface area contributed by atoms with E-state index >= 15 is 0 Å². The van der Waals surface area contributed by atoms with Crippen LogP contribution >= 0.6 is 11.6 Å². The fraction of sp³-hybridized carbons (Fsp3) is 0.471. The van der Waals surface area contributed by atoms with Crippen LogP contribution in [0, 0.1) is 5.92 Å². The molecule has 0 radical (unpaired) electrons. The van der Waals surface area contributed by atoms with Crippen LogP contribution < -0.4 is 0 Å². The zero-order chi connectivity index (χ0) is 18.6. The number of alkyl halides is 3. The Morgan fingerprint density at radius 3 is 2.68 bits per heavy atom. The zero-order valence-electron chi connectivity index (χ0n) is 13.6. The van der Waals surface area contributed by atoms with Crippen LogP contribution in [0.2, 0.25) is 5.02 Å². The van der Waals surface area contributed by atoms with E-state index in [1.54, 1.807) is 13.8 Å². The number of aromatic amines is 1. The number of hydrogen-bond donors (Lipinski definition) is 2. The van der Waals surface area contributed by atoms with Crippen molar-refractivity contribution in [1.29, 1.82) is 0 Å². The van der Waals surface area contributed by atoms with Crippen molar-refractivity contribution in [2.45, 2.75) is 38.5 Å². The van der Waals surface area contributed by atoms with Crippen molar-refractivity contribution in [3.8, 4) is 0 Å². The van der Waals surface area contributed by atoms with Crippen LogP contribution in [0.5, 0.6) is 0 Å². The molecule has 3 rings (SSSR count). The molecule has 1 aliphatic heterocycles. The van der Waals surface area contributed by atoms with Gasteiger partial charge < -0.3 is 14.8 Å². The Morgan fingerprint density at radius 1 is 1.44 bits per heavy atom. The molecule has 2 aromatic rings. The van der Waals surface area contributed by atoms with Crippen molar-refractivity contribution in [1.82, 2.24) is 4.98 Å². The van der Waals surface area contributed by atoms with E-state index in [0.717, 1.165) is 6.07 Å². The van der Waals surface area contributed by atoms with Gasteiger partial charge in [0.15, 0.2) is 0 Å². The van der Waals surface area contributed by atoms with Gasteiger partial charge in [-0.2, -0.15) is 13.2 Å². The quantitative estimate of drug-likeness (QED) is 0.814. The van der Waals surface area contributed by atoms with Gasteiger partial charge in [-0.05, 0) is 30.0 Å². The predicted octanol–water partition coefficient (Wildman–Crippen LogP) is 4.74. The van der Waals surface area contributed by atoms with Crippen molar-refractivity contribution in [2.24, 2.45) is 5.92 Å². The molecular weight excluding hydrogens is 359 g/mol. The van der Waals surface area contributed by atoms with Gasteiger partial charge in [0.2, 0.25) is 0 Å². The second-order valence-electron chi connectivity index (χ2n) is 6.53. The fourth-order valence-electron chi connectivity index (χ4n) is 3.62. The van der Waals surface area contributed by atoms with Gasteiger partial charge in [0.05, 0.1) is 34.8 Å². The van der Waals surface area contributed by atoms with Gasteiger partial charge >= 0.3 is 12.1 Å². The van der Waals surface area contributed by atoms with Crippen molar-refractivity contribution in [3.63, 3.8) is 0 Å². The fourth-order valence-corrected chi connectivity index (χ4v) is 3.82. The number of hydrogen-bond acceptors (Lipinski definition) is 2. The second kappa shape index (κ2) is 5.92. The first kappa shape index (κ1) is 18.1. The largest absolute Gasteiger partial charge is 0.481 e. The highest BCUT2D eigenvalue weighted by Gasteiger charge is 2.46. The first-order chi connectivity index (χ1) is 11.6. The van der Waals surface area contributed by atoms with Crippen molar-refractivity contribution >= 4 is 28.5 Å². The summed E-state index contributed by atoms with van der Waals surface area (Å²) in [7, 11) is 0. The van der Waals surface area contributed by atoms with Gasteiger partial charge in [-0.15, -0.1) is 0 Å². The Kier molecular flexibility index (Phi) is 4.28. The molecular formula is C17H17ClF3NO3. The van der Waals surface area contributed by atoms with E-state index < -0.39 is 23.3 Å². The van der Waals surface area contributed by atoms with Gasteiger partial charge in [-0.25, -0.2) is 0 Å². The molecule has 0 aliphatic carbocycles. The number of nitrogens with one attached hydrogen (secondary N) is 1. The highest BCUT2D eigenvalue weighted by molar-refractivity contribution is 6.35. The third-order valence-corrected chi connectivity index (χ3v) is 5.11. The Balaban J connectivity index is 2.37. The molecule has 2 N–H and O–H groups in total. The molecule has 25 heavy (non-hydrogen) atoms. The lowest BCUT2D eigenvalue weighted by molar-refractivity contribution is -0.154. The summed E-state index contributed by atoms with van der Waals surface area (Å²) in [6.45, 7) is 3.72. The number of H-pyrrole nitrogens is 1. The summed E-state index contributed by atoms with van der Waals surface area (Å²) in [6.07, 6.45) is -4.62. The predicted molar refractivity (Wildman–Crippen MR) is 86.7 cm³/mol. The lowest BCUT2D eigenvalue weighted by atomic mass is 9.79. The summed E-state index contributed by atoms with van der Waals surface area (Å²) >= 11 is 6.12. The van der Waals surface area contributed by atoms with Gasteiger partial charge in [0, 0.05) is 5.39 Å². The molecule has 0 bridgehead atoms. The minimum absolute atomic E-state index is 0.00807. The number of rotatable bonds is 3. The van der Waals surface area contributed by atoms with Gasteiger partial charge in [0.1, 0.15) is 5.60 Å². The molecule has 1 aliphatic rings. The number of aliphatic carboxylic acids is 1. The first-order valence-electron chi connectivity index (χ1n) is 7.84. The van der Waals surface area contributed by atoms with Gasteiger partial charge in [-0.3, -0.25) is 4.79 Å². The second-order valence-corrected chi connectivity index (χ2v) is 6.94. The standard InChI is InChI=1S/C17H17ClF3NO3/c1-8(2)16(7-12(23)24)15-9(5-6-25-16)13-10(17(19,20)21)3-4-11(18)14(13)22-15/h3-4,8,22H,5-7H2,1-2H3,(H,23,24). The highest BCUT2D eigenvalue weighted by Crippen LogP contribution is 2.47. The van der Waals surface area contributed by atoms with Crippen LogP contribution in [0.15, 0.2) is 12.1 Å². The maximum absolute atomic E-state index is 13.5. The van der Waals surface area contributed by atoms with E-state index in [9.17, 15) is 23.1 Å². The number of fused-ring (bicyclic) bond motifs is 3. The Labute approximate surface area is 146 Å². The third kappa shape index (κ3) is 2.79. The maximum atomic E-state index is 13.5. The number of aromatic nitrogens is 1. The van der Waals surface area contributed by atoms with Crippen molar-refractivity contribution in [3.05, 3.63) is 34.0 Å². The smallest absolute Gasteiger partial charge is 0.417 e. The van der Waals surface area contributed by atoms with Crippen LogP contribution in [0.1, 0.15) is 37.1 Å². The average molecular weight is 376 g/mol. The van der Waals surface area contributed by atoms with Crippen LogP contribution in [0.25, 0.3) is 10.9 Å². The van der Waals surface area contributed by atoms with Gasteiger partial charge in [0.25, 0.3) is 0 Å². The van der Waals surface area contributed by atoms with Crippen molar-refractivity contribution in [2.75, 3.05) is 6.61 Å². The molecule has 0 spiro atoms. The monoisotopic (exact) mass is 375 g/mol. The molecule has 1 atom stereocenters. The number of carboxylic acids is 1. The molecule has 0 saturated heterocycles. The van der Waals surface area contributed by atoms with Crippen LogP contribution in [0.4, 0.5) is 13.2 Å². The van der Waals surface area contributed by atoms with E-state index in [1.807, 2.05) is 0 Å². The number of carboxylic acid groups (broad SMARTS) is 1. The number of carbonyl (C=O) groups is 1. The first-order valence-corrected chi connectivity index (χ1v) is 8.22. The van der Waals surface area contributed by atoms with E-state index in [2.05, 4.69) is 4.98 Å². The SMILES string of the molecule is CC(C)C1(CC(=O)O)OCCc2c1[nH]c1c(Cl)ccc(C(F)(F)F)c21. The van der Waals surface area contributed by atoms with Crippen molar-refractivity contribution < 1.29 is 27.8 Å². The third-order valence-electron chi connectivity index (χ3n) is 4.79. The topological polar surface area (TPSA) is 62.3 Å². The summed E-state index contributed by atoms with van der Waals surface area (Å²) in [6, 6.07) is 2.16. The van der Waals surface area contributed by atoms with Crippen LogP contribution in [0.3, 0.4) is 0 Å². The molecule has 8 heteroatoms. The van der Waals surface area contributed by atoms with Crippen LogP contribution in [-0.4, -0.2) is 22.7 Å². The summed E-state index contributed by atoms with van der Waals surface area (Å²) < 4.78 is 46.3. The summed E-state index contributed by atoms with van der Waals surface area (Å²) in [5, 5.41) is 9.48. The van der Waals surface area contributed by atoms with E-state index in [1.165, 1.54) is 6.07 Å². The molecule has 136 valence electrons. The summed E-state index contributed by atoms with van der Waals surface area (Å²) in [4.78, 5) is 14.3. The molecule has 1 aromatic carbocycles. The molecule has 0 fully saturated rings. The van der Waals surface area contributed by atoms with Gasteiger partial charge in [-0.1, -0.05) is 25.4 Å². The number of ether oxygens (including phenoxy) is 1. The maximum Gasteiger partial charge on any atom is 0.417 e. The van der Waals surface area contributed by atoms with E-state index in [0.29, 0.717) is 11.3 Å². The average Bonchev–Trinajstić information content (AvgIpc) is 2.87. The Bertz CT molecular complexity index is 844. The minimum atomic E-state index is -4.54. The highest BCUT2D eigenvalue weighted by atomic mass is 35.5. The summed E-state index contributed by atoms with van der Waals surface area (Å²) in [5.74, 6) is -1.34. The van der Waals surface area contributed by atoms with Crippen LogP contribution in [-0.2, 0) is 27.7 Å². The number of benzene rings is 1. The molecule has 1 aromatic heterocycles. The Morgan fingerprint density at radius 2 is 2.12 bits per heavy atom. The van der Waals surface area contributed by atoms with E-state index in [4.69, 9.17) is 16.3 Å². The molecule has 0 saturated carbocycles. The number of halogens is 4. The summed E-state index contributed by atoms with van der Waals surface area (Å²) in [5.41, 5.74) is -1.01. The molecule has 0 amide bonds.